The lowest BCUT2D eigenvalue weighted by atomic mass is 9.98. The van der Waals surface area contributed by atoms with Gasteiger partial charge in [-0.1, -0.05) is 0 Å². The number of hydrogen-bond donors (Lipinski definition) is 1. The summed E-state index contributed by atoms with van der Waals surface area (Å²) >= 11 is 0. The van der Waals surface area contributed by atoms with Crippen LogP contribution in [0.4, 0.5) is 0 Å². The van der Waals surface area contributed by atoms with Crippen molar-refractivity contribution < 1.29 is 9.53 Å². The fourth-order valence-electron chi connectivity index (χ4n) is 3.28. The van der Waals surface area contributed by atoms with Gasteiger partial charge in [-0.05, 0) is 64.5 Å². The highest BCUT2D eigenvalue weighted by atomic mass is 16.5. The number of ether oxygens (including phenoxy) is 1. The van der Waals surface area contributed by atoms with Crippen LogP contribution in [0.2, 0.25) is 0 Å². The summed E-state index contributed by atoms with van der Waals surface area (Å²) in [5, 5.41) is 3.43. The normalized spacial score (nSPS) is 27.2. The molecule has 2 heterocycles. The van der Waals surface area contributed by atoms with Gasteiger partial charge in [-0.25, -0.2) is 0 Å². The van der Waals surface area contributed by atoms with Crippen LogP contribution in [0.1, 0.15) is 51.9 Å². The Morgan fingerprint density at radius 1 is 1.30 bits per heavy atom. The van der Waals surface area contributed by atoms with E-state index in [1.54, 1.807) is 0 Å². The van der Waals surface area contributed by atoms with Crippen molar-refractivity contribution in [3.63, 3.8) is 0 Å². The molecule has 2 unspecified atom stereocenters. The zero-order chi connectivity index (χ0) is 14.2. The number of piperidine rings is 1. The number of amides is 1. The van der Waals surface area contributed by atoms with Gasteiger partial charge in [0.1, 0.15) is 0 Å². The molecule has 2 fully saturated rings. The largest absolute Gasteiger partial charge is 0.378 e. The molecule has 2 atom stereocenters. The quantitative estimate of drug-likeness (QED) is 0.812. The van der Waals surface area contributed by atoms with Gasteiger partial charge in [0.05, 0.1) is 6.10 Å². The first-order chi connectivity index (χ1) is 9.79. The fourth-order valence-corrected chi connectivity index (χ4v) is 3.28. The zero-order valence-electron chi connectivity index (χ0n) is 12.9. The Morgan fingerprint density at radius 2 is 2.20 bits per heavy atom. The molecule has 2 rings (SSSR count). The molecule has 4 heteroatoms. The predicted molar refractivity (Wildman–Crippen MR) is 80.7 cm³/mol. The Kier molecular flexibility index (Phi) is 6.80. The fraction of sp³-hybridized carbons (Fsp3) is 0.938. The van der Waals surface area contributed by atoms with Gasteiger partial charge in [-0.15, -0.1) is 0 Å². The molecule has 0 radical (unpaired) electrons. The summed E-state index contributed by atoms with van der Waals surface area (Å²) in [6.45, 7) is 6.93. The molecule has 0 spiro atoms. The van der Waals surface area contributed by atoms with Gasteiger partial charge in [-0.2, -0.15) is 0 Å². The third-order valence-electron chi connectivity index (χ3n) is 4.57. The first-order valence-corrected chi connectivity index (χ1v) is 8.39. The molecule has 20 heavy (non-hydrogen) atoms. The minimum absolute atomic E-state index is 0.312. The molecule has 2 aliphatic rings. The Morgan fingerprint density at radius 3 is 2.85 bits per heavy atom. The molecular weight excluding hydrogens is 252 g/mol. The Balaban J connectivity index is 1.70. The molecule has 0 aromatic rings. The van der Waals surface area contributed by atoms with Crippen LogP contribution in [0.5, 0.6) is 0 Å². The molecule has 2 saturated heterocycles. The standard InChI is InChI=1S/C16H30N2O2/c1-2-18(13-14-6-5-10-17-12-14)16(19)9-8-15-7-3-4-11-20-15/h14-15,17H,2-13H2,1H3. The van der Waals surface area contributed by atoms with Crippen LogP contribution in [0, 0.1) is 5.92 Å². The first kappa shape index (κ1) is 15.8. The van der Waals surface area contributed by atoms with Crippen molar-refractivity contribution in [2.24, 2.45) is 5.92 Å². The van der Waals surface area contributed by atoms with Crippen LogP contribution in [0.15, 0.2) is 0 Å². The Labute approximate surface area is 123 Å². The molecule has 0 bridgehead atoms. The summed E-state index contributed by atoms with van der Waals surface area (Å²) in [5.74, 6) is 0.950. The average molecular weight is 282 g/mol. The molecule has 0 aliphatic carbocycles. The second kappa shape index (κ2) is 8.63. The second-order valence-electron chi connectivity index (χ2n) is 6.17. The van der Waals surface area contributed by atoms with Gasteiger partial charge >= 0.3 is 0 Å². The van der Waals surface area contributed by atoms with Crippen LogP contribution in [-0.2, 0) is 9.53 Å². The van der Waals surface area contributed by atoms with Gasteiger partial charge < -0.3 is 15.0 Å². The predicted octanol–water partition coefficient (Wildman–Crippen LogP) is 2.18. The minimum Gasteiger partial charge on any atom is -0.378 e. The van der Waals surface area contributed by atoms with E-state index in [1.165, 1.54) is 25.7 Å². The topological polar surface area (TPSA) is 41.6 Å². The van der Waals surface area contributed by atoms with Crippen molar-refractivity contribution in [2.75, 3.05) is 32.8 Å². The van der Waals surface area contributed by atoms with Crippen molar-refractivity contribution in [1.29, 1.82) is 0 Å². The maximum atomic E-state index is 12.3. The van der Waals surface area contributed by atoms with E-state index in [2.05, 4.69) is 12.2 Å². The molecule has 116 valence electrons. The van der Waals surface area contributed by atoms with E-state index in [0.29, 0.717) is 24.3 Å². The van der Waals surface area contributed by atoms with Crippen LogP contribution in [0.25, 0.3) is 0 Å². The third kappa shape index (κ3) is 5.06. The number of rotatable bonds is 6. The summed E-state index contributed by atoms with van der Waals surface area (Å²) in [4.78, 5) is 14.4. The smallest absolute Gasteiger partial charge is 0.222 e. The summed E-state index contributed by atoms with van der Waals surface area (Å²) in [6.07, 6.45) is 7.94. The van der Waals surface area contributed by atoms with E-state index in [-0.39, 0.29) is 0 Å². The second-order valence-corrected chi connectivity index (χ2v) is 6.17. The first-order valence-electron chi connectivity index (χ1n) is 8.39. The lowest BCUT2D eigenvalue weighted by Gasteiger charge is -2.30. The van der Waals surface area contributed by atoms with E-state index in [4.69, 9.17) is 4.74 Å². The van der Waals surface area contributed by atoms with Crippen molar-refractivity contribution in [3.8, 4) is 0 Å². The average Bonchev–Trinajstić information content (AvgIpc) is 2.52. The lowest BCUT2D eigenvalue weighted by Crippen LogP contribution is -2.41. The number of nitrogens with zero attached hydrogens (tertiary/aromatic N) is 1. The SMILES string of the molecule is CCN(CC1CCCNC1)C(=O)CCC1CCCCO1. The lowest BCUT2D eigenvalue weighted by molar-refractivity contribution is -0.132. The molecule has 0 aromatic heterocycles. The van der Waals surface area contributed by atoms with E-state index in [0.717, 1.165) is 45.6 Å². The van der Waals surface area contributed by atoms with Crippen LogP contribution in [-0.4, -0.2) is 49.7 Å². The van der Waals surface area contributed by atoms with E-state index in [9.17, 15) is 4.79 Å². The van der Waals surface area contributed by atoms with Gasteiger partial charge in [0, 0.05) is 26.1 Å². The van der Waals surface area contributed by atoms with Crippen LogP contribution >= 0.6 is 0 Å². The van der Waals surface area contributed by atoms with Crippen molar-refractivity contribution in [2.45, 2.75) is 58.0 Å². The number of carbonyl (C=O) groups excluding carboxylic acids is 1. The van der Waals surface area contributed by atoms with Gasteiger partial charge in [0.2, 0.25) is 5.91 Å². The monoisotopic (exact) mass is 282 g/mol. The van der Waals surface area contributed by atoms with Gasteiger partial charge in [0.25, 0.3) is 0 Å². The highest BCUT2D eigenvalue weighted by molar-refractivity contribution is 5.76. The molecule has 0 saturated carbocycles. The molecule has 1 amide bonds. The highest BCUT2D eigenvalue weighted by Gasteiger charge is 2.21. The van der Waals surface area contributed by atoms with E-state index >= 15 is 0 Å². The summed E-state index contributed by atoms with van der Waals surface area (Å²) in [5.41, 5.74) is 0. The van der Waals surface area contributed by atoms with Crippen molar-refractivity contribution in [1.82, 2.24) is 10.2 Å². The van der Waals surface area contributed by atoms with Crippen molar-refractivity contribution >= 4 is 5.91 Å². The van der Waals surface area contributed by atoms with Crippen LogP contribution in [0.3, 0.4) is 0 Å². The van der Waals surface area contributed by atoms with Crippen molar-refractivity contribution in [3.05, 3.63) is 0 Å². The van der Waals surface area contributed by atoms with Gasteiger partial charge in [-0.3, -0.25) is 4.79 Å². The van der Waals surface area contributed by atoms with E-state index < -0.39 is 0 Å². The Hall–Kier alpha value is -0.610. The van der Waals surface area contributed by atoms with Crippen LogP contribution < -0.4 is 5.32 Å². The molecule has 2 aliphatic heterocycles. The highest BCUT2D eigenvalue weighted by Crippen LogP contribution is 2.18. The summed E-state index contributed by atoms with van der Waals surface area (Å²) in [7, 11) is 0. The summed E-state index contributed by atoms with van der Waals surface area (Å²) in [6, 6.07) is 0. The molecule has 1 N–H and O–H groups in total. The number of nitrogens with one attached hydrogen (secondary N) is 1. The molecule has 4 nitrogen and oxygen atoms in total. The molecular formula is C16H30N2O2. The van der Waals surface area contributed by atoms with Gasteiger partial charge in [0.15, 0.2) is 0 Å². The third-order valence-corrected chi connectivity index (χ3v) is 4.57. The van der Waals surface area contributed by atoms with E-state index in [1.807, 2.05) is 4.90 Å². The molecule has 0 aromatic carbocycles. The Bertz CT molecular complexity index is 284. The maximum Gasteiger partial charge on any atom is 0.222 e. The number of hydrogen-bond acceptors (Lipinski definition) is 3. The summed E-state index contributed by atoms with van der Waals surface area (Å²) < 4.78 is 5.71. The zero-order valence-corrected chi connectivity index (χ0v) is 12.9. The number of carbonyl (C=O) groups is 1. The minimum atomic E-state index is 0.312. The maximum absolute atomic E-state index is 12.3.